The smallest absolute Gasteiger partial charge is 0.337 e. The van der Waals surface area contributed by atoms with E-state index < -0.39 is 0 Å². The number of rotatable bonds is 3. The Morgan fingerprint density at radius 2 is 2.13 bits per heavy atom. The third-order valence-corrected chi connectivity index (χ3v) is 4.79. The Bertz CT molecular complexity index is 767. The van der Waals surface area contributed by atoms with Gasteiger partial charge in [-0.25, -0.2) is 9.78 Å². The van der Waals surface area contributed by atoms with Gasteiger partial charge in [0.05, 0.1) is 18.4 Å². The minimum atomic E-state index is -0.362. The molecule has 0 saturated heterocycles. The van der Waals surface area contributed by atoms with E-state index >= 15 is 0 Å². The van der Waals surface area contributed by atoms with Crippen molar-refractivity contribution in [3.8, 4) is 0 Å². The van der Waals surface area contributed by atoms with Gasteiger partial charge in [-0.1, -0.05) is 13.8 Å². The largest absolute Gasteiger partial charge is 0.465 e. The van der Waals surface area contributed by atoms with Gasteiger partial charge in [0, 0.05) is 17.6 Å². The molecule has 5 nitrogen and oxygen atoms in total. The standard InChI is InChI=1S/C17H18N2O3S/c1-10(2)13-9-23-15(18-13)16(20)19-7-6-11-8-12(17(21)22-3)4-5-14(11)19/h4-5,8-10H,6-7H2,1-3H3. The summed E-state index contributed by atoms with van der Waals surface area (Å²) >= 11 is 1.38. The minimum absolute atomic E-state index is 0.0773. The van der Waals surface area contributed by atoms with E-state index in [1.807, 2.05) is 11.4 Å². The highest BCUT2D eigenvalue weighted by Crippen LogP contribution is 2.31. The zero-order chi connectivity index (χ0) is 16.6. The molecule has 0 unspecified atom stereocenters. The molecule has 0 aliphatic carbocycles. The van der Waals surface area contributed by atoms with Crippen molar-refractivity contribution in [3.63, 3.8) is 0 Å². The van der Waals surface area contributed by atoms with Gasteiger partial charge in [0.25, 0.3) is 5.91 Å². The quantitative estimate of drug-likeness (QED) is 0.811. The van der Waals surface area contributed by atoms with Crippen LogP contribution in [0, 0.1) is 0 Å². The third-order valence-electron chi connectivity index (χ3n) is 3.94. The normalized spacial score (nSPS) is 13.3. The number of methoxy groups -OCH3 is 1. The summed E-state index contributed by atoms with van der Waals surface area (Å²) in [6.07, 6.45) is 0.730. The SMILES string of the molecule is COC(=O)c1ccc2c(c1)CCN2C(=O)c1nc(C(C)C)cs1. The van der Waals surface area contributed by atoms with Crippen LogP contribution in [0.2, 0.25) is 0 Å². The molecular formula is C17H18N2O3S. The second-order valence-electron chi connectivity index (χ2n) is 5.77. The summed E-state index contributed by atoms with van der Waals surface area (Å²) < 4.78 is 4.74. The number of anilines is 1. The number of hydrogen-bond donors (Lipinski definition) is 0. The average Bonchev–Trinajstić information content (AvgIpc) is 3.19. The van der Waals surface area contributed by atoms with E-state index in [9.17, 15) is 9.59 Å². The van der Waals surface area contributed by atoms with Gasteiger partial charge in [-0.15, -0.1) is 11.3 Å². The zero-order valence-corrected chi connectivity index (χ0v) is 14.1. The fraction of sp³-hybridized carbons (Fsp3) is 0.353. The Balaban J connectivity index is 1.86. The minimum Gasteiger partial charge on any atom is -0.465 e. The highest BCUT2D eigenvalue weighted by molar-refractivity contribution is 7.11. The monoisotopic (exact) mass is 330 g/mol. The van der Waals surface area contributed by atoms with Gasteiger partial charge < -0.3 is 9.64 Å². The first-order valence-electron chi connectivity index (χ1n) is 7.49. The van der Waals surface area contributed by atoms with E-state index in [1.54, 1.807) is 17.0 Å². The van der Waals surface area contributed by atoms with Gasteiger partial charge in [0.1, 0.15) is 0 Å². The summed E-state index contributed by atoms with van der Waals surface area (Å²) in [5, 5.41) is 2.45. The molecule has 1 aliphatic rings. The lowest BCUT2D eigenvalue weighted by Crippen LogP contribution is -2.28. The van der Waals surface area contributed by atoms with Crippen molar-refractivity contribution >= 4 is 28.9 Å². The number of nitrogens with zero attached hydrogens (tertiary/aromatic N) is 2. The molecule has 0 spiro atoms. The lowest BCUT2D eigenvalue weighted by molar-refractivity contribution is 0.0600. The van der Waals surface area contributed by atoms with Gasteiger partial charge >= 0.3 is 5.97 Å². The second kappa shape index (κ2) is 6.12. The first-order valence-corrected chi connectivity index (χ1v) is 8.37. The lowest BCUT2D eigenvalue weighted by atomic mass is 10.1. The Hall–Kier alpha value is -2.21. The second-order valence-corrected chi connectivity index (χ2v) is 6.63. The molecule has 1 aromatic carbocycles. The van der Waals surface area contributed by atoms with Crippen LogP contribution in [0.5, 0.6) is 0 Å². The molecule has 0 N–H and O–H groups in total. The summed E-state index contributed by atoms with van der Waals surface area (Å²) in [5.74, 6) is -0.133. The maximum Gasteiger partial charge on any atom is 0.337 e. The van der Waals surface area contributed by atoms with Crippen LogP contribution in [-0.4, -0.2) is 30.5 Å². The molecule has 2 heterocycles. The summed E-state index contributed by atoms with van der Waals surface area (Å²) in [4.78, 5) is 30.5. The predicted octanol–water partition coefficient (Wildman–Crippen LogP) is 3.26. The molecule has 0 saturated carbocycles. The number of esters is 1. The number of carbonyl (C=O) groups is 2. The van der Waals surface area contributed by atoms with Crippen molar-refractivity contribution in [2.24, 2.45) is 0 Å². The van der Waals surface area contributed by atoms with Crippen molar-refractivity contribution in [3.05, 3.63) is 45.4 Å². The summed E-state index contributed by atoms with van der Waals surface area (Å²) in [6.45, 7) is 4.72. The number of fused-ring (bicyclic) bond motifs is 1. The van der Waals surface area contributed by atoms with Crippen molar-refractivity contribution in [1.82, 2.24) is 4.98 Å². The average molecular weight is 330 g/mol. The van der Waals surface area contributed by atoms with E-state index in [0.717, 1.165) is 23.4 Å². The molecule has 1 aliphatic heterocycles. The van der Waals surface area contributed by atoms with Crippen LogP contribution in [0.15, 0.2) is 23.6 Å². The molecule has 6 heteroatoms. The van der Waals surface area contributed by atoms with Crippen LogP contribution >= 0.6 is 11.3 Å². The molecule has 3 rings (SSSR count). The van der Waals surface area contributed by atoms with Crippen LogP contribution in [0.25, 0.3) is 0 Å². The van der Waals surface area contributed by atoms with Gasteiger partial charge in [-0.3, -0.25) is 4.79 Å². The van der Waals surface area contributed by atoms with E-state index in [4.69, 9.17) is 4.74 Å². The number of aromatic nitrogens is 1. The first-order chi connectivity index (χ1) is 11.0. The summed E-state index contributed by atoms with van der Waals surface area (Å²) in [5.41, 5.74) is 3.29. The third kappa shape index (κ3) is 2.86. The number of carbonyl (C=O) groups excluding carboxylic acids is 2. The van der Waals surface area contributed by atoms with E-state index in [2.05, 4.69) is 18.8 Å². The van der Waals surface area contributed by atoms with Crippen molar-refractivity contribution in [2.75, 3.05) is 18.6 Å². The fourth-order valence-electron chi connectivity index (χ4n) is 2.62. The van der Waals surface area contributed by atoms with Gasteiger partial charge in [0.2, 0.25) is 0 Å². The molecule has 0 fully saturated rings. The van der Waals surface area contributed by atoms with Gasteiger partial charge in [-0.2, -0.15) is 0 Å². The van der Waals surface area contributed by atoms with E-state index in [1.165, 1.54) is 18.4 Å². The Kier molecular flexibility index (Phi) is 4.17. The van der Waals surface area contributed by atoms with Crippen LogP contribution in [-0.2, 0) is 11.2 Å². The molecule has 1 aromatic heterocycles. The molecule has 0 radical (unpaired) electrons. The zero-order valence-electron chi connectivity index (χ0n) is 13.3. The van der Waals surface area contributed by atoms with Crippen LogP contribution in [0.1, 0.15) is 51.2 Å². The highest BCUT2D eigenvalue weighted by atomic mass is 32.1. The lowest BCUT2D eigenvalue weighted by Gasteiger charge is -2.16. The Morgan fingerprint density at radius 1 is 1.35 bits per heavy atom. The van der Waals surface area contributed by atoms with Crippen LogP contribution < -0.4 is 4.90 Å². The van der Waals surface area contributed by atoms with Crippen molar-refractivity contribution in [2.45, 2.75) is 26.2 Å². The number of ether oxygens (including phenoxy) is 1. The first kappa shape index (κ1) is 15.7. The number of benzene rings is 1. The molecular weight excluding hydrogens is 312 g/mol. The topological polar surface area (TPSA) is 59.5 Å². The summed E-state index contributed by atoms with van der Waals surface area (Å²) in [7, 11) is 1.36. The fourth-order valence-corrected chi connectivity index (χ4v) is 3.55. The van der Waals surface area contributed by atoms with E-state index in [-0.39, 0.29) is 11.9 Å². The number of thiazole rings is 1. The van der Waals surface area contributed by atoms with Gasteiger partial charge in [-0.05, 0) is 36.1 Å². The van der Waals surface area contributed by atoms with Gasteiger partial charge in [0.15, 0.2) is 5.01 Å². The molecule has 0 atom stereocenters. The highest BCUT2D eigenvalue weighted by Gasteiger charge is 2.28. The number of amides is 1. The molecule has 120 valence electrons. The Labute approximate surface area is 138 Å². The predicted molar refractivity (Wildman–Crippen MR) is 89.4 cm³/mol. The molecule has 23 heavy (non-hydrogen) atoms. The van der Waals surface area contributed by atoms with Crippen LogP contribution in [0.3, 0.4) is 0 Å². The molecule has 2 aromatic rings. The maximum atomic E-state index is 12.7. The maximum absolute atomic E-state index is 12.7. The Morgan fingerprint density at radius 3 is 2.78 bits per heavy atom. The molecule has 1 amide bonds. The van der Waals surface area contributed by atoms with Crippen molar-refractivity contribution in [1.29, 1.82) is 0 Å². The summed E-state index contributed by atoms with van der Waals surface area (Å²) in [6, 6.07) is 5.30. The van der Waals surface area contributed by atoms with Crippen molar-refractivity contribution < 1.29 is 14.3 Å². The number of hydrogen-bond acceptors (Lipinski definition) is 5. The van der Waals surface area contributed by atoms with E-state index in [0.29, 0.717) is 23.0 Å². The van der Waals surface area contributed by atoms with Crippen LogP contribution in [0.4, 0.5) is 5.69 Å². The molecule has 0 bridgehead atoms.